The van der Waals surface area contributed by atoms with Crippen molar-refractivity contribution in [2.24, 2.45) is 0 Å². The maximum absolute atomic E-state index is 12.6. The molecule has 0 unspecified atom stereocenters. The van der Waals surface area contributed by atoms with Gasteiger partial charge in [-0.15, -0.1) is 0 Å². The minimum atomic E-state index is -0.752. The smallest absolute Gasteiger partial charge is 0.273 e. The molecule has 1 aliphatic rings. The number of para-hydroxylation sites is 1. The summed E-state index contributed by atoms with van der Waals surface area (Å²) in [6.45, 7) is 0. The van der Waals surface area contributed by atoms with E-state index in [0.717, 1.165) is 9.37 Å². The predicted octanol–water partition coefficient (Wildman–Crippen LogP) is 3.12. The fourth-order valence-corrected chi connectivity index (χ4v) is 2.65. The number of halogens is 1. The van der Waals surface area contributed by atoms with Crippen molar-refractivity contribution < 1.29 is 14.4 Å². The van der Waals surface area contributed by atoms with Crippen molar-refractivity contribution in [1.82, 2.24) is 5.32 Å². The summed E-state index contributed by atoms with van der Waals surface area (Å²) in [5.41, 5.74) is 0.995. The van der Waals surface area contributed by atoms with Gasteiger partial charge >= 0.3 is 6.03 Å². The molecule has 1 heterocycles. The molecule has 1 aliphatic heterocycles. The van der Waals surface area contributed by atoms with Crippen LogP contribution in [0.4, 0.5) is 10.5 Å². The molecule has 0 aliphatic carbocycles. The molecule has 0 spiro atoms. The molecule has 1 N–H and O–H groups in total. The zero-order chi connectivity index (χ0) is 16.4. The van der Waals surface area contributed by atoms with E-state index in [1.807, 2.05) is 6.07 Å². The Balaban J connectivity index is 2.02. The first-order valence-corrected chi connectivity index (χ1v) is 7.57. The number of imide groups is 2. The number of barbiturate groups is 1. The number of nitrogens with zero attached hydrogens (tertiary/aromatic N) is 1. The first kappa shape index (κ1) is 15.2. The van der Waals surface area contributed by atoms with E-state index >= 15 is 0 Å². The van der Waals surface area contributed by atoms with Crippen LogP contribution in [0, 0.1) is 0 Å². The van der Waals surface area contributed by atoms with E-state index in [1.54, 1.807) is 48.5 Å². The van der Waals surface area contributed by atoms with Gasteiger partial charge in [-0.25, -0.2) is 9.69 Å². The standard InChI is InChI=1S/C17H11BrN2O3/c18-12-6-4-5-11(9-12)10-14-15(21)19-17(23)20(16(14)22)13-7-2-1-3-8-13/h1-10H,(H,19,21,23)/b14-10+. The van der Waals surface area contributed by atoms with E-state index < -0.39 is 17.8 Å². The molecular formula is C17H11BrN2O3. The second-order valence-corrected chi connectivity index (χ2v) is 5.76. The second-order valence-electron chi connectivity index (χ2n) is 4.85. The van der Waals surface area contributed by atoms with Crippen molar-refractivity contribution in [1.29, 1.82) is 0 Å². The number of urea groups is 1. The summed E-state index contributed by atoms with van der Waals surface area (Å²) >= 11 is 3.34. The number of amides is 4. The number of benzene rings is 2. The maximum Gasteiger partial charge on any atom is 0.335 e. The Morgan fingerprint density at radius 2 is 1.70 bits per heavy atom. The summed E-state index contributed by atoms with van der Waals surface area (Å²) in [6.07, 6.45) is 1.46. The van der Waals surface area contributed by atoms with Gasteiger partial charge in [0.25, 0.3) is 11.8 Å². The fourth-order valence-electron chi connectivity index (χ4n) is 2.23. The van der Waals surface area contributed by atoms with Gasteiger partial charge in [-0.3, -0.25) is 14.9 Å². The molecule has 6 heteroatoms. The van der Waals surface area contributed by atoms with Gasteiger partial charge in [0.05, 0.1) is 5.69 Å². The summed E-state index contributed by atoms with van der Waals surface area (Å²) in [4.78, 5) is 37.6. The van der Waals surface area contributed by atoms with Gasteiger partial charge in [0.1, 0.15) is 5.57 Å². The zero-order valence-electron chi connectivity index (χ0n) is 11.8. The molecule has 0 atom stereocenters. The van der Waals surface area contributed by atoms with Crippen LogP contribution in [0.1, 0.15) is 5.56 Å². The number of hydrogen-bond donors (Lipinski definition) is 1. The summed E-state index contributed by atoms with van der Waals surface area (Å²) in [5.74, 6) is -1.35. The normalized spacial score (nSPS) is 16.7. The summed E-state index contributed by atoms with van der Waals surface area (Å²) < 4.78 is 0.825. The third kappa shape index (κ3) is 3.07. The average Bonchev–Trinajstić information content (AvgIpc) is 2.52. The minimum absolute atomic E-state index is 0.0912. The van der Waals surface area contributed by atoms with Crippen LogP contribution in [-0.4, -0.2) is 17.8 Å². The van der Waals surface area contributed by atoms with Crippen LogP contribution >= 0.6 is 15.9 Å². The lowest BCUT2D eigenvalue weighted by atomic mass is 10.1. The highest BCUT2D eigenvalue weighted by molar-refractivity contribution is 9.10. The monoisotopic (exact) mass is 370 g/mol. The zero-order valence-corrected chi connectivity index (χ0v) is 13.4. The third-order valence-corrected chi connectivity index (χ3v) is 3.77. The number of nitrogens with one attached hydrogen (secondary N) is 1. The van der Waals surface area contributed by atoms with Crippen molar-refractivity contribution in [3.63, 3.8) is 0 Å². The lowest BCUT2D eigenvalue weighted by Gasteiger charge is -2.26. The number of anilines is 1. The second kappa shape index (κ2) is 6.18. The molecule has 0 bridgehead atoms. The van der Waals surface area contributed by atoms with Crippen LogP contribution in [0.3, 0.4) is 0 Å². The molecule has 1 saturated heterocycles. The Kier molecular flexibility index (Phi) is 4.08. The van der Waals surface area contributed by atoms with Gasteiger partial charge in [0.2, 0.25) is 0 Å². The van der Waals surface area contributed by atoms with Crippen molar-refractivity contribution in [2.75, 3.05) is 4.90 Å². The molecule has 23 heavy (non-hydrogen) atoms. The molecule has 5 nitrogen and oxygen atoms in total. The molecule has 114 valence electrons. The van der Waals surface area contributed by atoms with Crippen LogP contribution in [0.2, 0.25) is 0 Å². The predicted molar refractivity (Wildman–Crippen MR) is 89.6 cm³/mol. The van der Waals surface area contributed by atoms with Crippen LogP contribution in [0.5, 0.6) is 0 Å². The van der Waals surface area contributed by atoms with Gasteiger partial charge < -0.3 is 0 Å². The molecule has 2 aromatic carbocycles. The highest BCUT2D eigenvalue weighted by Crippen LogP contribution is 2.22. The Morgan fingerprint density at radius 3 is 2.39 bits per heavy atom. The van der Waals surface area contributed by atoms with Crippen molar-refractivity contribution in [2.45, 2.75) is 0 Å². The molecule has 0 saturated carbocycles. The van der Waals surface area contributed by atoms with Gasteiger partial charge in [0, 0.05) is 4.47 Å². The summed E-state index contributed by atoms with van der Waals surface area (Å²) in [7, 11) is 0. The molecule has 4 amide bonds. The van der Waals surface area contributed by atoms with E-state index in [0.29, 0.717) is 11.3 Å². The van der Waals surface area contributed by atoms with E-state index in [9.17, 15) is 14.4 Å². The van der Waals surface area contributed by atoms with E-state index in [4.69, 9.17) is 0 Å². The Morgan fingerprint density at radius 1 is 0.957 bits per heavy atom. The third-order valence-electron chi connectivity index (χ3n) is 3.28. The van der Waals surface area contributed by atoms with Gasteiger partial charge in [-0.1, -0.05) is 46.3 Å². The summed E-state index contributed by atoms with van der Waals surface area (Å²) in [5, 5.41) is 2.19. The van der Waals surface area contributed by atoms with Crippen molar-refractivity contribution >= 4 is 45.5 Å². The molecule has 1 fully saturated rings. The molecule has 3 rings (SSSR count). The van der Waals surface area contributed by atoms with Gasteiger partial charge in [-0.2, -0.15) is 0 Å². The Bertz CT molecular complexity index is 831. The highest BCUT2D eigenvalue weighted by Gasteiger charge is 2.36. The van der Waals surface area contributed by atoms with E-state index in [2.05, 4.69) is 21.2 Å². The molecular weight excluding hydrogens is 360 g/mol. The van der Waals surface area contributed by atoms with E-state index in [1.165, 1.54) is 6.08 Å². The lowest BCUT2D eigenvalue weighted by Crippen LogP contribution is -2.54. The van der Waals surface area contributed by atoms with Crippen LogP contribution in [-0.2, 0) is 9.59 Å². The fraction of sp³-hybridized carbons (Fsp3) is 0. The Labute approximate surface area is 140 Å². The number of hydrogen-bond acceptors (Lipinski definition) is 3. The number of carbonyl (C=O) groups is 3. The minimum Gasteiger partial charge on any atom is -0.273 e. The van der Waals surface area contributed by atoms with Crippen molar-refractivity contribution in [3.05, 3.63) is 70.2 Å². The number of carbonyl (C=O) groups excluding carboxylic acids is 3. The Hall–Kier alpha value is -2.73. The van der Waals surface area contributed by atoms with Gasteiger partial charge in [0.15, 0.2) is 0 Å². The topological polar surface area (TPSA) is 66.5 Å². The molecule has 0 aromatic heterocycles. The maximum atomic E-state index is 12.6. The van der Waals surface area contributed by atoms with Crippen molar-refractivity contribution in [3.8, 4) is 0 Å². The first-order chi connectivity index (χ1) is 11.1. The SMILES string of the molecule is O=C1NC(=O)N(c2ccccc2)C(=O)/C1=C/c1cccc(Br)c1. The lowest BCUT2D eigenvalue weighted by molar-refractivity contribution is -0.122. The number of rotatable bonds is 2. The molecule has 2 aromatic rings. The van der Waals surface area contributed by atoms with E-state index in [-0.39, 0.29) is 5.57 Å². The van der Waals surface area contributed by atoms with Crippen LogP contribution in [0.15, 0.2) is 64.6 Å². The van der Waals surface area contributed by atoms with Crippen LogP contribution in [0.25, 0.3) is 6.08 Å². The largest absolute Gasteiger partial charge is 0.335 e. The average molecular weight is 371 g/mol. The first-order valence-electron chi connectivity index (χ1n) is 6.78. The molecule has 0 radical (unpaired) electrons. The summed E-state index contributed by atoms with van der Waals surface area (Å²) in [6, 6.07) is 14.9. The highest BCUT2D eigenvalue weighted by atomic mass is 79.9. The van der Waals surface area contributed by atoms with Crippen LogP contribution < -0.4 is 10.2 Å². The quantitative estimate of drug-likeness (QED) is 0.652. The van der Waals surface area contributed by atoms with Gasteiger partial charge in [-0.05, 0) is 35.9 Å².